The van der Waals surface area contributed by atoms with Gasteiger partial charge in [-0.15, -0.1) is 0 Å². The molecule has 18 heavy (non-hydrogen) atoms. The number of carboxylic acid groups (broad SMARTS) is 1. The van der Waals surface area contributed by atoms with E-state index in [1.807, 2.05) is 24.3 Å². The highest BCUT2D eigenvalue weighted by Gasteiger charge is 2.21. The zero-order valence-corrected chi connectivity index (χ0v) is 10.8. The van der Waals surface area contributed by atoms with Crippen LogP contribution in [0.4, 0.5) is 5.69 Å². The second kappa shape index (κ2) is 6.07. The molecule has 98 valence electrons. The van der Waals surface area contributed by atoms with Crippen molar-refractivity contribution in [3.63, 3.8) is 0 Å². The van der Waals surface area contributed by atoms with E-state index in [2.05, 4.69) is 4.90 Å². The monoisotopic (exact) mass is 269 g/mol. The van der Waals surface area contributed by atoms with Crippen LogP contribution in [0, 0.1) is 0 Å². The van der Waals surface area contributed by atoms with Gasteiger partial charge in [-0.2, -0.15) is 0 Å². The third kappa shape index (κ3) is 3.62. The molecule has 1 atom stereocenters. The van der Waals surface area contributed by atoms with Gasteiger partial charge in [0.05, 0.1) is 12.7 Å². The largest absolute Gasteiger partial charge is 0.481 e. The predicted molar refractivity (Wildman–Crippen MR) is 70.3 cm³/mol. The molecule has 1 aliphatic rings. The molecule has 0 amide bonds. The number of ether oxygens (including phenoxy) is 1. The van der Waals surface area contributed by atoms with Crippen LogP contribution in [-0.2, 0) is 9.53 Å². The van der Waals surface area contributed by atoms with Gasteiger partial charge in [0.1, 0.15) is 0 Å². The average molecular weight is 270 g/mol. The lowest BCUT2D eigenvalue weighted by atomic mass is 10.1. The zero-order chi connectivity index (χ0) is 13.0. The first-order valence-corrected chi connectivity index (χ1v) is 6.37. The molecular formula is C13H16ClNO3. The number of rotatable bonds is 4. The fourth-order valence-electron chi connectivity index (χ4n) is 2.06. The van der Waals surface area contributed by atoms with E-state index in [-0.39, 0.29) is 12.5 Å². The van der Waals surface area contributed by atoms with Crippen molar-refractivity contribution in [3.05, 3.63) is 29.3 Å². The van der Waals surface area contributed by atoms with Gasteiger partial charge in [-0.3, -0.25) is 4.79 Å². The van der Waals surface area contributed by atoms with Gasteiger partial charge in [-0.05, 0) is 30.7 Å². The summed E-state index contributed by atoms with van der Waals surface area (Å²) in [6, 6.07) is 7.67. The Kier molecular flexibility index (Phi) is 4.44. The van der Waals surface area contributed by atoms with Crippen molar-refractivity contribution < 1.29 is 14.6 Å². The molecule has 1 aromatic rings. The molecule has 1 N–H and O–H groups in total. The topological polar surface area (TPSA) is 49.8 Å². The molecule has 2 rings (SSSR count). The first-order valence-electron chi connectivity index (χ1n) is 5.99. The van der Waals surface area contributed by atoms with E-state index in [4.69, 9.17) is 21.4 Å². The second-order valence-electron chi connectivity index (χ2n) is 4.35. The minimum atomic E-state index is -0.776. The number of aliphatic carboxylic acids is 1. The van der Waals surface area contributed by atoms with Gasteiger partial charge < -0.3 is 14.7 Å². The number of hydrogen-bond donors (Lipinski definition) is 1. The van der Waals surface area contributed by atoms with Crippen LogP contribution in [0.3, 0.4) is 0 Å². The third-order valence-electron chi connectivity index (χ3n) is 3.01. The van der Waals surface area contributed by atoms with Gasteiger partial charge in [0.2, 0.25) is 0 Å². The van der Waals surface area contributed by atoms with Crippen LogP contribution in [0.1, 0.15) is 12.8 Å². The SMILES string of the molecule is O=C(O)CCC1CN(c2ccc(Cl)cc2)CCO1. The smallest absolute Gasteiger partial charge is 0.303 e. The summed E-state index contributed by atoms with van der Waals surface area (Å²) in [5, 5.41) is 9.39. The number of halogens is 1. The molecule has 1 fully saturated rings. The first-order chi connectivity index (χ1) is 8.65. The Bertz CT molecular complexity index is 407. The zero-order valence-electron chi connectivity index (χ0n) is 10.0. The molecule has 1 aliphatic heterocycles. The Labute approximate surface area is 111 Å². The molecule has 0 spiro atoms. The maximum absolute atomic E-state index is 10.5. The number of morpholine rings is 1. The number of benzene rings is 1. The molecule has 0 aliphatic carbocycles. The Balaban J connectivity index is 1.93. The van der Waals surface area contributed by atoms with Crippen molar-refractivity contribution in [2.75, 3.05) is 24.6 Å². The maximum atomic E-state index is 10.5. The van der Waals surface area contributed by atoms with Gasteiger partial charge in [-0.25, -0.2) is 0 Å². The highest BCUT2D eigenvalue weighted by Crippen LogP contribution is 2.21. The van der Waals surface area contributed by atoms with E-state index in [1.54, 1.807) is 0 Å². The highest BCUT2D eigenvalue weighted by atomic mass is 35.5. The maximum Gasteiger partial charge on any atom is 0.303 e. The van der Waals surface area contributed by atoms with Gasteiger partial charge in [0, 0.05) is 30.2 Å². The number of hydrogen-bond acceptors (Lipinski definition) is 3. The normalized spacial score (nSPS) is 19.8. The van der Waals surface area contributed by atoms with Gasteiger partial charge in [-0.1, -0.05) is 11.6 Å². The van der Waals surface area contributed by atoms with E-state index in [9.17, 15) is 4.79 Å². The summed E-state index contributed by atoms with van der Waals surface area (Å²) in [5.41, 5.74) is 1.10. The Morgan fingerprint density at radius 3 is 2.83 bits per heavy atom. The standard InChI is InChI=1S/C13H16ClNO3/c14-10-1-3-11(4-2-10)15-7-8-18-12(9-15)5-6-13(16)17/h1-4,12H,5-9H2,(H,16,17). The highest BCUT2D eigenvalue weighted by molar-refractivity contribution is 6.30. The lowest BCUT2D eigenvalue weighted by Gasteiger charge is -2.34. The molecule has 1 unspecified atom stereocenters. The quantitative estimate of drug-likeness (QED) is 0.912. The van der Waals surface area contributed by atoms with Gasteiger partial charge >= 0.3 is 5.97 Å². The second-order valence-corrected chi connectivity index (χ2v) is 4.78. The summed E-state index contributed by atoms with van der Waals surface area (Å²) in [7, 11) is 0. The molecular weight excluding hydrogens is 254 g/mol. The molecule has 1 heterocycles. The molecule has 0 aromatic heterocycles. The summed E-state index contributed by atoms with van der Waals surface area (Å²) in [6.07, 6.45) is 0.698. The molecule has 0 saturated carbocycles. The van der Waals surface area contributed by atoms with Crippen molar-refractivity contribution in [3.8, 4) is 0 Å². The summed E-state index contributed by atoms with van der Waals surface area (Å²) in [6.45, 7) is 2.19. The van der Waals surface area contributed by atoms with Crippen molar-refractivity contribution in [1.82, 2.24) is 0 Å². The fourth-order valence-corrected chi connectivity index (χ4v) is 2.19. The van der Waals surface area contributed by atoms with E-state index < -0.39 is 5.97 Å². The van der Waals surface area contributed by atoms with Crippen LogP contribution in [0.15, 0.2) is 24.3 Å². The number of nitrogens with zero attached hydrogens (tertiary/aromatic N) is 1. The minimum Gasteiger partial charge on any atom is -0.481 e. The van der Waals surface area contributed by atoms with Crippen molar-refractivity contribution in [2.45, 2.75) is 18.9 Å². The Hall–Kier alpha value is -1.26. The minimum absolute atomic E-state index is 0.00877. The first kappa shape index (κ1) is 13.2. The molecule has 0 radical (unpaired) electrons. The lowest BCUT2D eigenvalue weighted by Crippen LogP contribution is -2.42. The van der Waals surface area contributed by atoms with Crippen molar-refractivity contribution in [1.29, 1.82) is 0 Å². The van der Waals surface area contributed by atoms with Crippen molar-refractivity contribution >= 4 is 23.3 Å². The van der Waals surface area contributed by atoms with Crippen LogP contribution in [-0.4, -0.2) is 36.9 Å². The molecule has 0 bridgehead atoms. The van der Waals surface area contributed by atoms with Gasteiger partial charge in [0.15, 0.2) is 0 Å². The number of carboxylic acids is 1. The fraction of sp³-hybridized carbons (Fsp3) is 0.462. The van der Waals surface area contributed by atoms with Crippen LogP contribution in [0.25, 0.3) is 0 Å². The summed E-state index contributed by atoms with van der Waals surface area (Å²) < 4.78 is 5.57. The Morgan fingerprint density at radius 1 is 1.44 bits per heavy atom. The van der Waals surface area contributed by atoms with E-state index in [0.29, 0.717) is 13.0 Å². The van der Waals surface area contributed by atoms with Crippen LogP contribution in [0.5, 0.6) is 0 Å². The predicted octanol–water partition coefficient (Wildman–Crippen LogP) is 2.41. The van der Waals surface area contributed by atoms with Crippen molar-refractivity contribution in [2.24, 2.45) is 0 Å². The summed E-state index contributed by atoms with van der Waals surface area (Å²) >= 11 is 5.86. The molecule has 1 saturated heterocycles. The number of carbonyl (C=O) groups is 1. The summed E-state index contributed by atoms with van der Waals surface area (Å²) in [5.74, 6) is -0.776. The molecule has 4 nitrogen and oxygen atoms in total. The van der Waals surface area contributed by atoms with Crippen LogP contribution < -0.4 is 4.90 Å². The van der Waals surface area contributed by atoms with E-state index >= 15 is 0 Å². The average Bonchev–Trinajstić information content (AvgIpc) is 2.37. The van der Waals surface area contributed by atoms with E-state index in [1.165, 1.54) is 0 Å². The molecule has 5 heteroatoms. The molecule has 1 aromatic carbocycles. The Morgan fingerprint density at radius 2 is 2.17 bits per heavy atom. The van der Waals surface area contributed by atoms with E-state index in [0.717, 1.165) is 23.8 Å². The summed E-state index contributed by atoms with van der Waals surface area (Å²) in [4.78, 5) is 12.7. The lowest BCUT2D eigenvalue weighted by molar-refractivity contribution is -0.137. The van der Waals surface area contributed by atoms with Crippen LogP contribution in [0.2, 0.25) is 5.02 Å². The van der Waals surface area contributed by atoms with Crippen LogP contribution >= 0.6 is 11.6 Å². The number of anilines is 1. The van der Waals surface area contributed by atoms with Gasteiger partial charge in [0.25, 0.3) is 0 Å². The third-order valence-corrected chi connectivity index (χ3v) is 3.26.